The molecular weight excluding hydrogens is 230 g/mol. The van der Waals surface area contributed by atoms with E-state index in [0.29, 0.717) is 26.1 Å². The molecule has 0 aromatic heterocycles. The first-order valence-electron chi connectivity index (χ1n) is 5.48. The first-order chi connectivity index (χ1) is 7.24. The average molecular weight is 250 g/mol. The lowest BCUT2D eigenvalue weighted by atomic mass is 10.2. The van der Waals surface area contributed by atoms with Crippen molar-refractivity contribution >= 4 is 24.2 Å². The van der Waals surface area contributed by atoms with E-state index >= 15 is 0 Å². The highest BCUT2D eigenvalue weighted by Gasteiger charge is 2.18. The van der Waals surface area contributed by atoms with Crippen molar-refractivity contribution in [2.24, 2.45) is 5.73 Å². The van der Waals surface area contributed by atoms with Crippen molar-refractivity contribution in [2.75, 3.05) is 26.2 Å². The molecule has 1 heterocycles. The summed E-state index contributed by atoms with van der Waals surface area (Å²) in [5.41, 5.74) is 5.27. The van der Waals surface area contributed by atoms with Crippen LogP contribution in [0.5, 0.6) is 0 Å². The minimum absolute atomic E-state index is 0. The summed E-state index contributed by atoms with van der Waals surface area (Å²) >= 11 is 0. The highest BCUT2D eigenvalue weighted by atomic mass is 35.5. The normalized spacial score (nSPS) is 16.3. The molecule has 6 heteroatoms. The van der Waals surface area contributed by atoms with Crippen molar-refractivity contribution in [1.82, 2.24) is 10.2 Å². The highest BCUT2D eigenvalue weighted by molar-refractivity contribution is 5.85. The zero-order valence-electron chi connectivity index (χ0n) is 9.41. The summed E-state index contributed by atoms with van der Waals surface area (Å²) < 4.78 is 0. The molecule has 0 radical (unpaired) electrons. The molecule has 0 bridgehead atoms. The molecule has 0 saturated carbocycles. The number of carbonyl (C=O) groups is 2. The molecule has 0 aromatic carbocycles. The number of nitrogens with zero attached hydrogens (tertiary/aromatic N) is 1. The van der Waals surface area contributed by atoms with E-state index in [0.717, 1.165) is 19.3 Å². The topological polar surface area (TPSA) is 75.4 Å². The Bertz CT molecular complexity index is 236. The van der Waals surface area contributed by atoms with Gasteiger partial charge in [-0.25, -0.2) is 0 Å². The van der Waals surface area contributed by atoms with Gasteiger partial charge in [-0.2, -0.15) is 0 Å². The maximum Gasteiger partial charge on any atom is 0.239 e. The second kappa shape index (κ2) is 8.35. The van der Waals surface area contributed by atoms with Crippen LogP contribution < -0.4 is 11.1 Å². The molecule has 0 aliphatic carbocycles. The summed E-state index contributed by atoms with van der Waals surface area (Å²) in [6.07, 6.45) is 3.59. The van der Waals surface area contributed by atoms with E-state index in [-0.39, 0.29) is 30.8 Å². The molecule has 1 rings (SSSR count). The number of rotatable bonds is 4. The molecule has 0 spiro atoms. The summed E-state index contributed by atoms with van der Waals surface area (Å²) in [5.74, 6) is -0.0221. The molecule has 1 fully saturated rings. The van der Waals surface area contributed by atoms with Crippen LogP contribution in [0.15, 0.2) is 0 Å². The smallest absolute Gasteiger partial charge is 0.239 e. The average Bonchev–Trinajstić information content (AvgIpc) is 2.42. The second-order valence-corrected chi connectivity index (χ2v) is 3.76. The van der Waals surface area contributed by atoms with E-state index in [4.69, 9.17) is 5.73 Å². The second-order valence-electron chi connectivity index (χ2n) is 3.76. The third-order valence-electron chi connectivity index (χ3n) is 2.47. The van der Waals surface area contributed by atoms with Gasteiger partial charge in [-0.05, 0) is 12.8 Å². The molecule has 1 aliphatic heterocycles. The van der Waals surface area contributed by atoms with E-state index < -0.39 is 0 Å². The van der Waals surface area contributed by atoms with Gasteiger partial charge >= 0.3 is 0 Å². The standard InChI is InChI=1S/C10H19N3O2.ClH/c11-5-6-12-9(14)8-13-7-3-1-2-4-10(13)15;/h1-8,11H2,(H,12,14);1H. The van der Waals surface area contributed by atoms with Crippen LogP contribution in [0.4, 0.5) is 0 Å². The van der Waals surface area contributed by atoms with Gasteiger partial charge in [-0.15, -0.1) is 12.4 Å². The van der Waals surface area contributed by atoms with Crippen LogP contribution in [-0.2, 0) is 9.59 Å². The Morgan fingerprint density at radius 3 is 2.81 bits per heavy atom. The fourth-order valence-corrected chi connectivity index (χ4v) is 1.65. The Balaban J connectivity index is 0.00000225. The molecular formula is C10H20ClN3O2. The first kappa shape index (κ1) is 15.2. The maximum atomic E-state index is 11.5. The van der Waals surface area contributed by atoms with Gasteiger partial charge < -0.3 is 16.0 Å². The largest absolute Gasteiger partial charge is 0.353 e. The number of nitrogens with one attached hydrogen (secondary N) is 1. The van der Waals surface area contributed by atoms with Crippen molar-refractivity contribution in [3.63, 3.8) is 0 Å². The van der Waals surface area contributed by atoms with Gasteiger partial charge in [0, 0.05) is 26.1 Å². The molecule has 1 aliphatic rings. The number of carbonyl (C=O) groups excluding carboxylic acids is 2. The van der Waals surface area contributed by atoms with Gasteiger partial charge in [-0.3, -0.25) is 9.59 Å². The summed E-state index contributed by atoms with van der Waals surface area (Å²) in [6.45, 7) is 1.79. The maximum absolute atomic E-state index is 11.5. The zero-order chi connectivity index (χ0) is 11.1. The Morgan fingerprint density at radius 2 is 2.12 bits per heavy atom. The van der Waals surface area contributed by atoms with Crippen molar-refractivity contribution in [2.45, 2.75) is 25.7 Å². The van der Waals surface area contributed by atoms with Gasteiger partial charge in [0.2, 0.25) is 11.8 Å². The summed E-state index contributed by atoms with van der Waals surface area (Å²) in [6, 6.07) is 0. The van der Waals surface area contributed by atoms with Crippen molar-refractivity contribution in [3.8, 4) is 0 Å². The Hall–Kier alpha value is -0.810. The van der Waals surface area contributed by atoms with E-state index in [1.807, 2.05) is 0 Å². The molecule has 94 valence electrons. The minimum Gasteiger partial charge on any atom is -0.353 e. The molecule has 3 N–H and O–H groups in total. The Labute approximate surface area is 102 Å². The molecule has 2 amide bonds. The lowest BCUT2D eigenvalue weighted by Crippen LogP contribution is -2.41. The van der Waals surface area contributed by atoms with Gasteiger partial charge in [0.1, 0.15) is 0 Å². The predicted octanol–water partition coefficient (Wildman–Crippen LogP) is -0.114. The number of halogens is 1. The van der Waals surface area contributed by atoms with Crippen LogP contribution in [0.25, 0.3) is 0 Å². The quantitative estimate of drug-likeness (QED) is 0.730. The van der Waals surface area contributed by atoms with Gasteiger partial charge in [0.25, 0.3) is 0 Å². The van der Waals surface area contributed by atoms with Crippen molar-refractivity contribution in [3.05, 3.63) is 0 Å². The van der Waals surface area contributed by atoms with Gasteiger partial charge in [-0.1, -0.05) is 6.42 Å². The predicted molar refractivity (Wildman–Crippen MR) is 64.4 cm³/mol. The summed E-state index contributed by atoms with van der Waals surface area (Å²) in [4.78, 5) is 24.5. The first-order valence-corrected chi connectivity index (χ1v) is 5.48. The molecule has 16 heavy (non-hydrogen) atoms. The van der Waals surface area contributed by atoms with E-state index in [1.165, 1.54) is 0 Å². The lowest BCUT2D eigenvalue weighted by molar-refractivity contribution is -0.135. The van der Waals surface area contributed by atoms with E-state index in [9.17, 15) is 9.59 Å². The Kier molecular flexibility index (Phi) is 7.93. The van der Waals surface area contributed by atoms with Crippen LogP contribution in [-0.4, -0.2) is 42.9 Å². The monoisotopic (exact) mass is 249 g/mol. The van der Waals surface area contributed by atoms with Gasteiger partial charge in [0.15, 0.2) is 0 Å². The fraction of sp³-hybridized carbons (Fsp3) is 0.800. The molecule has 0 atom stereocenters. The number of hydrogen-bond donors (Lipinski definition) is 2. The zero-order valence-corrected chi connectivity index (χ0v) is 10.2. The highest BCUT2D eigenvalue weighted by Crippen LogP contribution is 2.10. The van der Waals surface area contributed by atoms with E-state index in [2.05, 4.69) is 5.32 Å². The molecule has 0 aromatic rings. The third-order valence-corrected chi connectivity index (χ3v) is 2.47. The summed E-state index contributed by atoms with van der Waals surface area (Å²) in [5, 5.41) is 2.66. The van der Waals surface area contributed by atoms with Crippen molar-refractivity contribution < 1.29 is 9.59 Å². The lowest BCUT2D eigenvalue weighted by Gasteiger charge is -2.19. The molecule has 0 unspecified atom stereocenters. The summed E-state index contributed by atoms with van der Waals surface area (Å²) in [7, 11) is 0. The Morgan fingerprint density at radius 1 is 1.38 bits per heavy atom. The number of hydrogen-bond acceptors (Lipinski definition) is 3. The number of nitrogens with two attached hydrogens (primary N) is 1. The van der Waals surface area contributed by atoms with E-state index in [1.54, 1.807) is 4.90 Å². The fourth-order valence-electron chi connectivity index (χ4n) is 1.65. The third kappa shape index (κ3) is 5.32. The van der Waals surface area contributed by atoms with Crippen molar-refractivity contribution in [1.29, 1.82) is 0 Å². The van der Waals surface area contributed by atoms with Crippen LogP contribution in [0.1, 0.15) is 25.7 Å². The number of amides is 2. The van der Waals surface area contributed by atoms with Crippen LogP contribution in [0, 0.1) is 0 Å². The van der Waals surface area contributed by atoms with Crippen LogP contribution in [0.3, 0.4) is 0 Å². The molecule has 1 saturated heterocycles. The molecule has 5 nitrogen and oxygen atoms in total. The minimum atomic E-state index is -0.115. The van der Waals surface area contributed by atoms with Crippen LogP contribution in [0.2, 0.25) is 0 Å². The SMILES string of the molecule is Cl.NCCNC(=O)CN1CCCCCC1=O. The van der Waals surface area contributed by atoms with Gasteiger partial charge in [0.05, 0.1) is 6.54 Å². The number of likely N-dealkylation sites (tertiary alicyclic amines) is 1. The van der Waals surface area contributed by atoms with Crippen LogP contribution >= 0.6 is 12.4 Å².